The van der Waals surface area contributed by atoms with Crippen molar-refractivity contribution in [3.63, 3.8) is 0 Å². The number of aromatic nitrogens is 2. The van der Waals surface area contributed by atoms with Crippen LogP contribution in [0.25, 0.3) is 10.9 Å². The molecule has 4 rings (SSSR count). The Labute approximate surface area is 156 Å². The minimum atomic E-state index is -0.717. The molecular formula is C19H25FN4O3. The van der Waals surface area contributed by atoms with Gasteiger partial charge in [-0.25, -0.2) is 9.18 Å². The van der Waals surface area contributed by atoms with Gasteiger partial charge in [-0.05, 0) is 30.2 Å². The Kier molecular flexibility index (Phi) is 3.80. The summed E-state index contributed by atoms with van der Waals surface area (Å²) in [6.45, 7) is 7.77. The second kappa shape index (κ2) is 5.74. The summed E-state index contributed by atoms with van der Waals surface area (Å²) in [5.41, 5.74) is -0.647. The first kappa shape index (κ1) is 17.9. The third-order valence-corrected chi connectivity index (χ3v) is 6.14. The summed E-state index contributed by atoms with van der Waals surface area (Å²) in [6.07, 6.45) is 1.63. The van der Waals surface area contributed by atoms with Crippen LogP contribution >= 0.6 is 0 Å². The summed E-state index contributed by atoms with van der Waals surface area (Å²) in [5.74, 6) is 5.72. The number of nitrogens with zero attached hydrogens (tertiary/aromatic N) is 3. The van der Waals surface area contributed by atoms with Crippen LogP contribution in [0.1, 0.15) is 39.7 Å². The Morgan fingerprint density at radius 2 is 1.96 bits per heavy atom. The number of anilines is 1. The maximum Gasteiger partial charge on any atom is 0.350 e. The van der Waals surface area contributed by atoms with Crippen molar-refractivity contribution in [3.05, 3.63) is 32.7 Å². The lowest BCUT2D eigenvalue weighted by molar-refractivity contribution is 0.312. The van der Waals surface area contributed by atoms with Crippen LogP contribution in [0.3, 0.4) is 0 Å². The van der Waals surface area contributed by atoms with E-state index in [0.29, 0.717) is 34.9 Å². The van der Waals surface area contributed by atoms with Crippen LogP contribution in [0.2, 0.25) is 0 Å². The first-order valence-corrected chi connectivity index (χ1v) is 9.25. The van der Waals surface area contributed by atoms with Gasteiger partial charge in [0.15, 0.2) is 11.6 Å². The molecule has 1 aromatic carbocycles. The quantitative estimate of drug-likeness (QED) is 0.827. The van der Waals surface area contributed by atoms with Crippen molar-refractivity contribution in [1.82, 2.24) is 9.24 Å². The molecule has 8 heteroatoms. The van der Waals surface area contributed by atoms with E-state index in [2.05, 4.69) is 20.8 Å². The molecule has 2 N–H and O–H groups in total. The van der Waals surface area contributed by atoms with E-state index in [9.17, 15) is 9.59 Å². The summed E-state index contributed by atoms with van der Waals surface area (Å²) in [5, 5.41) is 0.0635. The number of benzene rings is 1. The number of hydrogen-bond donors (Lipinski definition) is 1. The molecule has 27 heavy (non-hydrogen) atoms. The molecule has 2 heterocycles. The molecule has 1 aliphatic carbocycles. The third-order valence-electron chi connectivity index (χ3n) is 6.14. The Balaban J connectivity index is 2.07. The molecule has 2 aliphatic rings. The average Bonchev–Trinajstić information content (AvgIpc) is 3.39. The maximum atomic E-state index is 15.2. The molecule has 0 radical (unpaired) electrons. The number of rotatable bonds is 3. The topological polar surface area (TPSA) is 82.5 Å². The molecule has 146 valence electrons. The van der Waals surface area contributed by atoms with Gasteiger partial charge in [0.25, 0.3) is 5.56 Å². The van der Waals surface area contributed by atoms with Crippen molar-refractivity contribution < 1.29 is 9.13 Å². The molecule has 7 nitrogen and oxygen atoms in total. The van der Waals surface area contributed by atoms with Crippen LogP contribution in [0.4, 0.5) is 10.1 Å². The first-order valence-electron chi connectivity index (χ1n) is 9.25. The lowest BCUT2D eigenvalue weighted by atomic mass is 9.84. The number of ether oxygens (including phenoxy) is 1. The minimum Gasteiger partial charge on any atom is -0.492 e. The minimum absolute atomic E-state index is 0.0171. The SMILES string of the molecule is COc1c(N2CC(C)C(C)(C)C2)c(F)cc2c(=O)n(N)c(=O)n(C3CC3)c12. The van der Waals surface area contributed by atoms with Gasteiger partial charge in [-0.3, -0.25) is 9.36 Å². The Hall–Kier alpha value is -2.51. The van der Waals surface area contributed by atoms with E-state index in [1.165, 1.54) is 17.7 Å². The average molecular weight is 376 g/mol. The molecule has 0 spiro atoms. The Morgan fingerprint density at radius 3 is 2.48 bits per heavy atom. The zero-order valence-corrected chi connectivity index (χ0v) is 16.1. The van der Waals surface area contributed by atoms with Crippen molar-refractivity contribution in [3.8, 4) is 5.75 Å². The summed E-state index contributed by atoms with van der Waals surface area (Å²) in [4.78, 5) is 27.2. The Morgan fingerprint density at radius 1 is 1.30 bits per heavy atom. The van der Waals surface area contributed by atoms with E-state index in [1.54, 1.807) is 0 Å². The highest BCUT2D eigenvalue weighted by molar-refractivity contribution is 5.91. The fourth-order valence-electron chi connectivity index (χ4n) is 4.06. The highest BCUT2D eigenvalue weighted by Crippen LogP contribution is 2.45. The first-order chi connectivity index (χ1) is 12.7. The van der Waals surface area contributed by atoms with Crippen molar-refractivity contribution in [2.24, 2.45) is 11.3 Å². The molecule has 0 amide bonds. The highest BCUT2D eigenvalue weighted by Gasteiger charge is 2.39. The van der Waals surface area contributed by atoms with Gasteiger partial charge in [-0.2, -0.15) is 4.68 Å². The molecule has 1 saturated carbocycles. The van der Waals surface area contributed by atoms with Crippen molar-refractivity contribution in [2.75, 3.05) is 30.9 Å². The van der Waals surface area contributed by atoms with Gasteiger partial charge in [-0.1, -0.05) is 20.8 Å². The van der Waals surface area contributed by atoms with Crippen molar-refractivity contribution >= 4 is 16.6 Å². The summed E-state index contributed by atoms with van der Waals surface area (Å²) >= 11 is 0. The zero-order chi connectivity index (χ0) is 19.7. The number of fused-ring (bicyclic) bond motifs is 1. The van der Waals surface area contributed by atoms with Gasteiger partial charge in [0.05, 0.1) is 12.5 Å². The standard InChI is InChI=1S/C19H25FN4O3/c1-10-8-22(9-19(10,2)3)15-13(20)7-12-14(16(15)27-4)23(11-5-6-11)18(26)24(21)17(12)25/h7,10-11H,5-6,8-9,21H2,1-4H3. The number of methoxy groups -OCH3 is 1. The molecule has 1 unspecified atom stereocenters. The van der Waals surface area contributed by atoms with Crippen molar-refractivity contribution in [2.45, 2.75) is 39.7 Å². The number of hydrogen-bond acceptors (Lipinski definition) is 5. The zero-order valence-electron chi connectivity index (χ0n) is 16.1. The number of nitrogen functional groups attached to an aromatic ring is 1. The van der Waals surface area contributed by atoms with E-state index in [0.717, 1.165) is 12.8 Å². The van der Waals surface area contributed by atoms with Gasteiger partial charge >= 0.3 is 5.69 Å². The van der Waals surface area contributed by atoms with E-state index in [4.69, 9.17) is 10.6 Å². The molecule has 1 aliphatic heterocycles. The van der Waals surface area contributed by atoms with Gasteiger partial charge in [-0.15, -0.1) is 0 Å². The van der Waals surface area contributed by atoms with E-state index in [-0.39, 0.29) is 22.6 Å². The third kappa shape index (κ3) is 2.53. The summed E-state index contributed by atoms with van der Waals surface area (Å²) < 4.78 is 22.8. The van der Waals surface area contributed by atoms with Crippen LogP contribution in [-0.4, -0.2) is 29.4 Å². The largest absolute Gasteiger partial charge is 0.492 e. The van der Waals surface area contributed by atoms with Crippen LogP contribution in [0.5, 0.6) is 5.75 Å². The molecule has 1 atom stereocenters. The predicted molar refractivity (Wildman–Crippen MR) is 103 cm³/mol. The molecule has 2 fully saturated rings. The van der Waals surface area contributed by atoms with Crippen LogP contribution in [0, 0.1) is 17.2 Å². The fourth-order valence-corrected chi connectivity index (χ4v) is 4.06. The summed E-state index contributed by atoms with van der Waals surface area (Å²) in [7, 11) is 1.44. The fraction of sp³-hybridized carbons (Fsp3) is 0.579. The van der Waals surface area contributed by atoms with Crippen LogP contribution in [0.15, 0.2) is 15.7 Å². The monoisotopic (exact) mass is 376 g/mol. The van der Waals surface area contributed by atoms with Gasteiger partial charge in [0, 0.05) is 19.1 Å². The Bertz CT molecular complexity index is 1050. The molecule has 0 bridgehead atoms. The predicted octanol–water partition coefficient (Wildman–Crippen LogP) is 1.84. The number of nitrogens with two attached hydrogens (primary N) is 1. The molecule has 1 aromatic heterocycles. The molecule has 2 aromatic rings. The summed E-state index contributed by atoms with van der Waals surface area (Å²) in [6, 6.07) is 1.14. The maximum absolute atomic E-state index is 15.2. The van der Waals surface area contributed by atoms with E-state index >= 15 is 4.39 Å². The van der Waals surface area contributed by atoms with Crippen LogP contribution < -0.4 is 26.7 Å². The molecular weight excluding hydrogens is 351 g/mol. The van der Waals surface area contributed by atoms with Crippen molar-refractivity contribution in [1.29, 1.82) is 0 Å². The normalized spacial score (nSPS) is 21.8. The van der Waals surface area contributed by atoms with Gasteiger partial charge in [0.1, 0.15) is 11.2 Å². The lowest BCUT2D eigenvalue weighted by Crippen LogP contribution is -2.44. The van der Waals surface area contributed by atoms with Gasteiger partial charge in [0.2, 0.25) is 0 Å². The van der Waals surface area contributed by atoms with Crippen LogP contribution in [-0.2, 0) is 0 Å². The number of halogens is 1. The van der Waals surface area contributed by atoms with Gasteiger partial charge < -0.3 is 15.5 Å². The van der Waals surface area contributed by atoms with E-state index in [1.807, 2.05) is 4.90 Å². The smallest absolute Gasteiger partial charge is 0.350 e. The highest BCUT2D eigenvalue weighted by atomic mass is 19.1. The second-order valence-corrected chi connectivity index (χ2v) is 8.47. The van der Waals surface area contributed by atoms with E-state index < -0.39 is 17.1 Å². The molecule has 1 saturated heterocycles. The lowest BCUT2D eigenvalue weighted by Gasteiger charge is -2.26. The second-order valence-electron chi connectivity index (χ2n) is 8.47.